The highest BCUT2D eigenvalue weighted by atomic mass is 32.2. The third kappa shape index (κ3) is 3.64. The van der Waals surface area contributed by atoms with E-state index in [0.29, 0.717) is 31.9 Å². The minimum Gasteiger partial charge on any atom is -0.453 e. The zero-order chi connectivity index (χ0) is 17.1. The molecule has 2 aliphatic heterocycles. The largest absolute Gasteiger partial charge is 0.453 e. The molecule has 128 valence electrons. The van der Waals surface area contributed by atoms with E-state index < -0.39 is 0 Å². The highest BCUT2D eigenvalue weighted by Crippen LogP contribution is 2.32. The van der Waals surface area contributed by atoms with E-state index in [4.69, 9.17) is 0 Å². The lowest BCUT2D eigenvalue weighted by Gasteiger charge is -2.34. The smallest absolute Gasteiger partial charge is 0.409 e. The van der Waals surface area contributed by atoms with Crippen LogP contribution < -0.4 is 5.32 Å². The molecule has 1 fully saturated rings. The van der Waals surface area contributed by atoms with Gasteiger partial charge in [0.05, 0.1) is 25.0 Å². The van der Waals surface area contributed by atoms with Crippen LogP contribution in [-0.4, -0.2) is 66.7 Å². The molecule has 3 rings (SSSR count). The van der Waals surface area contributed by atoms with Crippen LogP contribution >= 0.6 is 11.8 Å². The molecule has 7 nitrogen and oxygen atoms in total. The number of fused-ring (bicyclic) bond motifs is 1. The molecule has 0 aromatic heterocycles. The molecular weight excluding hydrogens is 330 g/mol. The SMILES string of the molecule is COC(=O)N1CCN(C(=O)Cc2ccc3c(c2)NC(=O)CS3)CC1. The van der Waals surface area contributed by atoms with Gasteiger partial charge in [-0.25, -0.2) is 4.79 Å². The van der Waals surface area contributed by atoms with Gasteiger partial charge in [-0.1, -0.05) is 6.07 Å². The van der Waals surface area contributed by atoms with Crippen molar-refractivity contribution >= 4 is 35.4 Å². The summed E-state index contributed by atoms with van der Waals surface area (Å²) in [5, 5.41) is 2.84. The maximum atomic E-state index is 12.4. The van der Waals surface area contributed by atoms with Crippen molar-refractivity contribution in [3.63, 3.8) is 0 Å². The van der Waals surface area contributed by atoms with Crippen LogP contribution in [-0.2, 0) is 20.7 Å². The summed E-state index contributed by atoms with van der Waals surface area (Å²) in [6.45, 7) is 1.97. The third-order valence-corrected chi connectivity index (χ3v) is 5.17. The van der Waals surface area contributed by atoms with E-state index in [1.54, 1.807) is 9.80 Å². The maximum Gasteiger partial charge on any atom is 0.409 e. The number of hydrogen-bond donors (Lipinski definition) is 1. The number of anilines is 1. The van der Waals surface area contributed by atoms with Gasteiger partial charge >= 0.3 is 6.09 Å². The van der Waals surface area contributed by atoms with Gasteiger partial charge in [0.1, 0.15) is 0 Å². The van der Waals surface area contributed by atoms with Crippen molar-refractivity contribution in [1.82, 2.24) is 9.80 Å². The Morgan fingerprint density at radius 3 is 2.62 bits per heavy atom. The van der Waals surface area contributed by atoms with E-state index in [2.05, 4.69) is 10.1 Å². The third-order valence-electron chi connectivity index (χ3n) is 4.10. The molecule has 0 radical (unpaired) electrons. The Morgan fingerprint density at radius 1 is 1.21 bits per heavy atom. The summed E-state index contributed by atoms with van der Waals surface area (Å²) in [6.07, 6.45) is -0.0727. The number of methoxy groups -OCH3 is 1. The van der Waals surface area contributed by atoms with E-state index in [9.17, 15) is 14.4 Å². The first-order chi connectivity index (χ1) is 11.6. The van der Waals surface area contributed by atoms with Gasteiger partial charge in [-0.3, -0.25) is 9.59 Å². The number of hydrogen-bond acceptors (Lipinski definition) is 5. The molecule has 8 heteroatoms. The number of piperazine rings is 1. The Hall–Kier alpha value is -2.22. The van der Waals surface area contributed by atoms with Crippen LogP contribution in [0, 0.1) is 0 Å². The number of amides is 3. The van der Waals surface area contributed by atoms with Crippen molar-refractivity contribution in [3.8, 4) is 0 Å². The number of nitrogens with zero attached hydrogens (tertiary/aromatic N) is 2. The lowest BCUT2D eigenvalue weighted by atomic mass is 10.1. The quantitative estimate of drug-likeness (QED) is 0.867. The highest BCUT2D eigenvalue weighted by molar-refractivity contribution is 8.00. The van der Waals surface area contributed by atoms with E-state index in [-0.39, 0.29) is 24.3 Å². The molecule has 2 heterocycles. The highest BCUT2D eigenvalue weighted by Gasteiger charge is 2.25. The number of nitrogens with one attached hydrogen (secondary N) is 1. The van der Waals surface area contributed by atoms with Gasteiger partial charge in [0.2, 0.25) is 11.8 Å². The van der Waals surface area contributed by atoms with E-state index >= 15 is 0 Å². The summed E-state index contributed by atoms with van der Waals surface area (Å²) < 4.78 is 4.69. The average Bonchev–Trinajstić information content (AvgIpc) is 2.60. The first-order valence-corrected chi connectivity index (χ1v) is 8.71. The Bertz CT molecular complexity index is 671. The summed E-state index contributed by atoms with van der Waals surface area (Å²) in [5.41, 5.74) is 1.65. The van der Waals surface area contributed by atoms with Gasteiger partial charge in [0, 0.05) is 31.1 Å². The van der Waals surface area contributed by atoms with Crippen molar-refractivity contribution in [3.05, 3.63) is 23.8 Å². The molecule has 0 spiro atoms. The molecule has 1 aromatic carbocycles. The van der Waals surface area contributed by atoms with Crippen molar-refractivity contribution in [2.45, 2.75) is 11.3 Å². The molecule has 0 atom stereocenters. The minimum atomic E-state index is -0.356. The molecular formula is C16H19N3O4S. The van der Waals surface area contributed by atoms with Gasteiger partial charge in [-0.2, -0.15) is 0 Å². The maximum absolute atomic E-state index is 12.4. The first-order valence-electron chi connectivity index (χ1n) is 7.73. The summed E-state index contributed by atoms with van der Waals surface area (Å²) in [4.78, 5) is 39.7. The standard InChI is InChI=1S/C16H19N3O4S/c1-23-16(22)19-6-4-18(5-7-19)15(21)9-11-2-3-13-12(8-11)17-14(20)10-24-13/h2-3,8H,4-7,9-10H2,1H3,(H,17,20). The van der Waals surface area contributed by atoms with Crippen LogP contribution in [0.5, 0.6) is 0 Å². The Morgan fingerprint density at radius 2 is 1.92 bits per heavy atom. The van der Waals surface area contributed by atoms with Gasteiger partial charge in [0.15, 0.2) is 0 Å². The van der Waals surface area contributed by atoms with Gasteiger partial charge in [-0.05, 0) is 17.7 Å². The van der Waals surface area contributed by atoms with Crippen molar-refractivity contribution in [2.24, 2.45) is 0 Å². The monoisotopic (exact) mass is 349 g/mol. The number of carbonyl (C=O) groups is 3. The summed E-state index contributed by atoms with van der Waals surface area (Å²) in [6, 6.07) is 5.73. The molecule has 1 N–H and O–H groups in total. The van der Waals surface area contributed by atoms with E-state index in [1.165, 1.54) is 18.9 Å². The molecule has 1 saturated heterocycles. The fourth-order valence-corrected chi connectivity index (χ4v) is 3.58. The number of ether oxygens (including phenoxy) is 1. The van der Waals surface area contributed by atoms with Crippen LogP contribution in [0.25, 0.3) is 0 Å². The summed E-state index contributed by atoms with van der Waals surface area (Å²) in [7, 11) is 1.35. The second-order valence-electron chi connectivity index (χ2n) is 5.68. The molecule has 1 aromatic rings. The number of carbonyl (C=O) groups excluding carboxylic acids is 3. The zero-order valence-electron chi connectivity index (χ0n) is 13.4. The topological polar surface area (TPSA) is 79.0 Å². The average molecular weight is 349 g/mol. The van der Waals surface area contributed by atoms with Crippen molar-refractivity contribution in [1.29, 1.82) is 0 Å². The van der Waals surface area contributed by atoms with Crippen LogP contribution in [0.4, 0.5) is 10.5 Å². The fraction of sp³-hybridized carbons (Fsp3) is 0.438. The van der Waals surface area contributed by atoms with Crippen LogP contribution in [0.3, 0.4) is 0 Å². The minimum absolute atomic E-state index is 0.0186. The predicted molar refractivity (Wildman–Crippen MR) is 90.1 cm³/mol. The second kappa shape index (κ2) is 7.12. The van der Waals surface area contributed by atoms with Crippen LogP contribution in [0.2, 0.25) is 0 Å². The summed E-state index contributed by atoms with van der Waals surface area (Å²) >= 11 is 1.50. The summed E-state index contributed by atoms with van der Waals surface area (Å²) in [5.74, 6) is 0.430. The Labute approximate surface area is 144 Å². The normalized spacial score (nSPS) is 17.1. The first kappa shape index (κ1) is 16.6. The van der Waals surface area contributed by atoms with Crippen LogP contribution in [0.15, 0.2) is 23.1 Å². The lowest BCUT2D eigenvalue weighted by molar-refractivity contribution is -0.132. The number of rotatable bonds is 2. The molecule has 0 aliphatic carbocycles. The molecule has 3 amide bonds. The molecule has 0 unspecified atom stereocenters. The Balaban J connectivity index is 1.59. The van der Waals surface area contributed by atoms with E-state index in [0.717, 1.165) is 16.1 Å². The number of benzene rings is 1. The zero-order valence-corrected chi connectivity index (χ0v) is 14.2. The number of thioether (sulfide) groups is 1. The predicted octanol–water partition coefficient (Wildman–Crippen LogP) is 1.18. The lowest BCUT2D eigenvalue weighted by Crippen LogP contribution is -2.50. The van der Waals surface area contributed by atoms with Crippen LogP contribution in [0.1, 0.15) is 5.56 Å². The molecule has 0 saturated carbocycles. The van der Waals surface area contributed by atoms with Crippen molar-refractivity contribution < 1.29 is 19.1 Å². The second-order valence-corrected chi connectivity index (χ2v) is 6.70. The molecule has 24 heavy (non-hydrogen) atoms. The van der Waals surface area contributed by atoms with E-state index in [1.807, 2.05) is 18.2 Å². The van der Waals surface area contributed by atoms with Gasteiger partial charge in [-0.15, -0.1) is 11.8 Å². The molecule has 2 aliphatic rings. The van der Waals surface area contributed by atoms with Gasteiger partial charge < -0.3 is 19.9 Å². The van der Waals surface area contributed by atoms with Gasteiger partial charge in [0.25, 0.3) is 0 Å². The van der Waals surface area contributed by atoms with Crippen molar-refractivity contribution in [2.75, 3.05) is 44.4 Å². The molecule has 0 bridgehead atoms. The Kier molecular flexibility index (Phi) is 4.94. The fourth-order valence-electron chi connectivity index (χ4n) is 2.79.